The molecule has 4 rings (SSSR count). The number of carbonyl (C=O) groups excluding carboxylic acids is 1. The summed E-state index contributed by atoms with van der Waals surface area (Å²) in [4.78, 5) is 28.2. The molecule has 0 atom stereocenters. The molecule has 2 aliphatic heterocycles. The van der Waals surface area contributed by atoms with Gasteiger partial charge in [0.2, 0.25) is 5.95 Å². The van der Waals surface area contributed by atoms with Crippen molar-refractivity contribution in [1.82, 2.24) is 14.9 Å². The van der Waals surface area contributed by atoms with Crippen LogP contribution in [0.1, 0.15) is 18.5 Å². The Morgan fingerprint density at radius 3 is 2.43 bits per heavy atom. The molecule has 0 radical (unpaired) electrons. The molecule has 1 aromatic heterocycles. The summed E-state index contributed by atoms with van der Waals surface area (Å²) in [7, 11) is 0. The van der Waals surface area contributed by atoms with E-state index in [0.717, 1.165) is 43.6 Å². The maximum absolute atomic E-state index is 12.6. The van der Waals surface area contributed by atoms with Gasteiger partial charge in [-0.05, 0) is 38.0 Å². The number of rotatable bonds is 5. The number of nitrogens with zero attached hydrogens (tertiary/aromatic N) is 5. The molecule has 9 heteroatoms. The second-order valence-electron chi connectivity index (χ2n) is 7.59. The van der Waals surface area contributed by atoms with E-state index in [1.807, 2.05) is 17.9 Å². The fraction of sp³-hybridized carbons (Fsp3) is 0.476. The molecule has 0 aliphatic carbocycles. The molecule has 0 spiro atoms. The second kappa shape index (κ2) is 9.27. The zero-order chi connectivity index (χ0) is 21.1. The second-order valence-corrected chi connectivity index (χ2v) is 8.44. The molecule has 2 saturated heterocycles. The Labute approximate surface area is 186 Å². The quantitative estimate of drug-likeness (QED) is 0.696. The van der Waals surface area contributed by atoms with Crippen LogP contribution in [0.2, 0.25) is 10.0 Å². The van der Waals surface area contributed by atoms with E-state index in [2.05, 4.69) is 14.8 Å². The van der Waals surface area contributed by atoms with Gasteiger partial charge in [0.15, 0.2) is 6.61 Å². The number of halogens is 2. The minimum atomic E-state index is -0.0581. The monoisotopic (exact) mass is 449 g/mol. The molecule has 3 heterocycles. The Morgan fingerprint density at radius 1 is 1.00 bits per heavy atom. The highest BCUT2D eigenvalue weighted by molar-refractivity contribution is 6.35. The standard InChI is InChI=1S/C21H25Cl2N5O2/c1-15-12-19(25-21(24-15)28-6-2-3-7-28)26-8-10-27(11-9-26)20(29)14-30-18-5-4-16(22)13-17(18)23/h4-5,12-13H,2-3,6-11,14H2,1H3. The maximum atomic E-state index is 12.6. The van der Waals surface area contributed by atoms with Crippen LogP contribution >= 0.6 is 23.2 Å². The van der Waals surface area contributed by atoms with Gasteiger partial charge in [-0.3, -0.25) is 4.79 Å². The lowest BCUT2D eigenvalue weighted by molar-refractivity contribution is -0.133. The molecule has 0 N–H and O–H groups in total. The first kappa shape index (κ1) is 21.0. The van der Waals surface area contributed by atoms with Gasteiger partial charge in [-0.1, -0.05) is 23.2 Å². The van der Waals surface area contributed by atoms with Gasteiger partial charge in [0.1, 0.15) is 11.6 Å². The highest BCUT2D eigenvalue weighted by atomic mass is 35.5. The predicted molar refractivity (Wildman–Crippen MR) is 119 cm³/mol. The van der Waals surface area contributed by atoms with Gasteiger partial charge in [-0.2, -0.15) is 4.98 Å². The molecule has 0 saturated carbocycles. The van der Waals surface area contributed by atoms with E-state index in [9.17, 15) is 4.79 Å². The first-order valence-electron chi connectivity index (χ1n) is 10.2. The number of aromatic nitrogens is 2. The van der Waals surface area contributed by atoms with Crippen LogP contribution in [0.15, 0.2) is 24.3 Å². The fourth-order valence-electron chi connectivity index (χ4n) is 3.77. The van der Waals surface area contributed by atoms with Crippen LogP contribution in [0.4, 0.5) is 11.8 Å². The first-order chi connectivity index (χ1) is 14.5. The summed E-state index contributed by atoms with van der Waals surface area (Å²) in [5.74, 6) is 2.14. The maximum Gasteiger partial charge on any atom is 0.260 e. The summed E-state index contributed by atoms with van der Waals surface area (Å²) in [6.07, 6.45) is 2.38. The Kier molecular flexibility index (Phi) is 6.49. The highest BCUT2D eigenvalue weighted by Gasteiger charge is 2.24. The number of ether oxygens (including phenoxy) is 1. The molecule has 30 heavy (non-hydrogen) atoms. The molecule has 7 nitrogen and oxygen atoms in total. The zero-order valence-corrected chi connectivity index (χ0v) is 18.5. The van der Waals surface area contributed by atoms with Crippen molar-refractivity contribution in [3.63, 3.8) is 0 Å². The molecule has 0 unspecified atom stereocenters. The van der Waals surface area contributed by atoms with E-state index >= 15 is 0 Å². The topological polar surface area (TPSA) is 61.8 Å². The molecular weight excluding hydrogens is 425 g/mol. The molecule has 0 bridgehead atoms. The number of anilines is 2. The molecule has 1 aromatic carbocycles. The summed E-state index contributed by atoms with van der Waals surface area (Å²) < 4.78 is 5.59. The summed E-state index contributed by atoms with van der Waals surface area (Å²) in [6.45, 7) is 6.69. The number of hydrogen-bond donors (Lipinski definition) is 0. The predicted octanol–water partition coefficient (Wildman–Crippen LogP) is 3.42. The van der Waals surface area contributed by atoms with E-state index in [1.165, 1.54) is 12.8 Å². The van der Waals surface area contributed by atoms with Crippen LogP contribution in [-0.4, -0.2) is 66.7 Å². The van der Waals surface area contributed by atoms with E-state index in [0.29, 0.717) is 28.9 Å². The molecule has 2 aromatic rings. The van der Waals surface area contributed by atoms with Gasteiger partial charge in [0.05, 0.1) is 5.02 Å². The third-order valence-electron chi connectivity index (χ3n) is 5.42. The van der Waals surface area contributed by atoms with Crippen LogP contribution in [0.5, 0.6) is 5.75 Å². The molecular formula is C21H25Cl2N5O2. The lowest BCUT2D eigenvalue weighted by Crippen LogP contribution is -2.50. The van der Waals surface area contributed by atoms with Crippen LogP contribution in [0, 0.1) is 6.92 Å². The molecule has 160 valence electrons. The average Bonchev–Trinajstić information content (AvgIpc) is 3.28. The van der Waals surface area contributed by atoms with E-state index < -0.39 is 0 Å². The van der Waals surface area contributed by atoms with Gasteiger partial charge in [-0.25, -0.2) is 4.98 Å². The van der Waals surface area contributed by atoms with E-state index in [-0.39, 0.29) is 12.5 Å². The number of carbonyl (C=O) groups is 1. The molecule has 2 fully saturated rings. The van der Waals surface area contributed by atoms with Crippen molar-refractivity contribution >= 4 is 40.9 Å². The van der Waals surface area contributed by atoms with Crippen molar-refractivity contribution in [3.05, 3.63) is 40.0 Å². The largest absolute Gasteiger partial charge is 0.482 e. The summed E-state index contributed by atoms with van der Waals surface area (Å²) in [6, 6.07) is 6.97. The smallest absolute Gasteiger partial charge is 0.260 e. The van der Waals surface area contributed by atoms with Crippen molar-refractivity contribution < 1.29 is 9.53 Å². The lowest BCUT2D eigenvalue weighted by atomic mass is 10.3. The Balaban J connectivity index is 1.33. The van der Waals surface area contributed by atoms with Gasteiger partial charge in [-0.15, -0.1) is 0 Å². The summed E-state index contributed by atoms with van der Waals surface area (Å²) in [5.41, 5.74) is 0.966. The van der Waals surface area contributed by atoms with Gasteiger partial charge in [0.25, 0.3) is 5.91 Å². The number of piperazine rings is 1. The van der Waals surface area contributed by atoms with Crippen molar-refractivity contribution in [3.8, 4) is 5.75 Å². The Hall–Kier alpha value is -2.25. The highest BCUT2D eigenvalue weighted by Crippen LogP contribution is 2.27. The van der Waals surface area contributed by atoms with Crippen molar-refractivity contribution in [2.24, 2.45) is 0 Å². The SMILES string of the molecule is Cc1cc(N2CCN(C(=O)COc3ccc(Cl)cc3Cl)CC2)nc(N2CCCC2)n1. The summed E-state index contributed by atoms with van der Waals surface area (Å²) >= 11 is 12.0. The van der Waals surface area contributed by atoms with Crippen molar-refractivity contribution in [2.45, 2.75) is 19.8 Å². The third-order valence-corrected chi connectivity index (χ3v) is 5.95. The van der Waals surface area contributed by atoms with Crippen LogP contribution in [-0.2, 0) is 4.79 Å². The molecule has 2 aliphatic rings. The number of amides is 1. The van der Waals surface area contributed by atoms with Crippen molar-refractivity contribution in [2.75, 3.05) is 55.7 Å². The van der Waals surface area contributed by atoms with Gasteiger partial charge < -0.3 is 19.4 Å². The average molecular weight is 450 g/mol. The zero-order valence-electron chi connectivity index (χ0n) is 17.0. The first-order valence-corrected chi connectivity index (χ1v) is 11.0. The minimum Gasteiger partial charge on any atom is -0.482 e. The van der Waals surface area contributed by atoms with E-state index in [1.54, 1.807) is 18.2 Å². The van der Waals surface area contributed by atoms with Gasteiger partial charge in [0, 0.05) is 56.1 Å². The minimum absolute atomic E-state index is 0.0485. The normalized spacial score (nSPS) is 16.8. The van der Waals surface area contributed by atoms with Crippen LogP contribution < -0.4 is 14.5 Å². The van der Waals surface area contributed by atoms with Crippen LogP contribution in [0.25, 0.3) is 0 Å². The third kappa shape index (κ3) is 4.90. The molecule has 1 amide bonds. The Bertz CT molecular complexity index is 912. The van der Waals surface area contributed by atoms with Gasteiger partial charge >= 0.3 is 0 Å². The number of benzene rings is 1. The summed E-state index contributed by atoms with van der Waals surface area (Å²) in [5, 5.41) is 0.927. The number of aryl methyl sites for hydroxylation is 1. The van der Waals surface area contributed by atoms with Crippen molar-refractivity contribution in [1.29, 1.82) is 0 Å². The van der Waals surface area contributed by atoms with Crippen LogP contribution in [0.3, 0.4) is 0 Å². The number of hydrogen-bond acceptors (Lipinski definition) is 6. The van der Waals surface area contributed by atoms with E-state index in [4.69, 9.17) is 32.9 Å². The fourth-order valence-corrected chi connectivity index (χ4v) is 4.23. The lowest BCUT2D eigenvalue weighted by Gasteiger charge is -2.35. The Morgan fingerprint density at radius 2 is 1.73 bits per heavy atom.